The van der Waals surface area contributed by atoms with Gasteiger partial charge in [0, 0.05) is 17.3 Å². The maximum Gasteiger partial charge on any atom is 0.204 e. The minimum Gasteiger partial charge on any atom is -0.486 e. The average Bonchev–Trinajstić information content (AvgIpc) is 3.48. The Morgan fingerprint density at radius 2 is 1.76 bits per heavy atom. The predicted molar refractivity (Wildman–Crippen MR) is 131 cm³/mol. The van der Waals surface area contributed by atoms with Crippen LogP contribution >= 0.6 is 11.3 Å². The van der Waals surface area contributed by atoms with E-state index in [4.69, 9.17) is 14.6 Å². The van der Waals surface area contributed by atoms with Crippen molar-refractivity contribution in [1.29, 1.82) is 0 Å². The first kappa shape index (κ1) is 19.5. The van der Waals surface area contributed by atoms with Gasteiger partial charge in [0.25, 0.3) is 0 Å². The quantitative estimate of drug-likeness (QED) is 0.286. The Bertz CT molecular complexity index is 1430. The van der Waals surface area contributed by atoms with E-state index in [9.17, 15) is 0 Å². The number of nitrogens with one attached hydrogen (secondary N) is 1. The maximum atomic E-state index is 5.77. The van der Waals surface area contributed by atoms with Crippen molar-refractivity contribution in [2.45, 2.75) is 0 Å². The van der Waals surface area contributed by atoms with Crippen LogP contribution in [0.1, 0.15) is 5.56 Å². The second kappa shape index (κ2) is 8.40. The van der Waals surface area contributed by atoms with E-state index in [1.54, 1.807) is 17.6 Å². The molecule has 0 atom stereocenters. The van der Waals surface area contributed by atoms with Crippen LogP contribution in [0.15, 0.2) is 84.1 Å². The molecule has 0 unspecified atom stereocenters. The molecule has 3 heterocycles. The highest BCUT2D eigenvalue weighted by atomic mass is 32.1. The Balaban J connectivity index is 1.35. The van der Waals surface area contributed by atoms with Crippen molar-refractivity contribution in [3.05, 3.63) is 84.6 Å². The van der Waals surface area contributed by atoms with Crippen LogP contribution in [0.3, 0.4) is 0 Å². The first-order valence-corrected chi connectivity index (χ1v) is 11.3. The summed E-state index contributed by atoms with van der Waals surface area (Å²) < 4.78 is 14.4. The number of nitrogens with zero attached hydrogens (tertiary/aromatic N) is 4. The highest BCUT2D eigenvalue weighted by molar-refractivity contribution is 7.22. The lowest BCUT2D eigenvalue weighted by Gasteiger charge is -2.18. The zero-order chi connectivity index (χ0) is 22.0. The highest BCUT2D eigenvalue weighted by Crippen LogP contribution is 2.35. The van der Waals surface area contributed by atoms with Crippen molar-refractivity contribution in [1.82, 2.24) is 14.8 Å². The summed E-state index contributed by atoms with van der Waals surface area (Å²) in [5, 5.41) is 10.0. The van der Waals surface area contributed by atoms with Gasteiger partial charge in [0.2, 0.25) is 5.13 Å². The van der Waals surface area contributed by atoms with Crippen LogP contribution in [0.25, 0.3) is 27.2 Å². The lowest BCUT2D eigenvalue weighted by Crippen LogP contribution is -2.15. The Hall–Kier alpha value is -4.17. The van der Waals surface area contributed by atoms with Crippen molar-refractivity contribution < 1.29 is 9.47 Å². The molecule has 0 aliphatic carbocycles. The topological polar surface area (TPSA) is 73.6 Å². The molecule has 1 N–H and O–H groups in total. The second-order valence-corrected chi connectivity index (χ2v) is 8.46. The third kappa shape index (κ3) is 3.92. The van der Waals surface area contributed by atoms with Gasteiger partial charge in [-0.15, -0.1) is 0 Å². The van der Waals surface area contributed by atoms with Crippen LogP contribution in [0.2, 0.25) is 0 Å². The van der Waals surface area contributed by atoms with Gasteiger partial charge in [-0.3, -0.25) is 5.43 Å². The normalized spacial score (nSPS) is 13.0. The summed E-state index contributed by atoms with van der Waals surface area (Å²) in [6.07, 6.45) is 3.73. The molecule has 0 fully saturated rings. The fourth-order valence-electron chi connectivity index (χ4n) is 3.69. The van der Waals surface area contributed by atoms with Gasteiger partial charge >= 0.3 is 0 Å². The summed E-state index contributed by atoms with van der Waals surface area (Å²) in [6, 6.07) is 23.9. The lowest BCUT2D eigenvalue weighted by atomic mass is 10.1. The molecular weight excluding hydrogens is 434 g/mol. The zero-order valence-corrected chi connectivity index (χ0v) is 18.3. The average molecular weight is 454 g/mol. The molecule has 1 aliphatic heterocycles. The Morgan fingerprint density at radius 3 is 2.64 bits per heavy atom. The number of para-hydroxylation sites is 2. The number of benzene rings is 3. The molecule has 162 valence electrons. The van der Waals surface area contributed by atoms with Crippen molar-refractivity contribution in [2.75, 3.05) is 18.6 Å². The maximum absolute atomic E-state index is 5.77. The highest BCUT2D eigenvalue weighted by Gasteiger charge is 2.16. The fourth-order valence-corrected chi connectivity index (χ4v) is 4.50. The molecule has 0 spiro atoms. The third-order valence-electron chi connectivity index (χ3n) is 5.24. The van der Waals surface area contributed by atoms with E-state index < -0.39 is 0 Å². The Kier molecular flexibility index (Phi) is 4.97. The zero-order valence-electron chi connectivity index (χ0n) is 17.5. The predicted octanol–water partition coefficient (Wildman–Crippen LogP) is 5.37. The molecule has 0 bridgehead atoms. The van der Waals surface area contributed by atoms with Crippen molar-refractivity contribution in [3.63, 3.8) is 0 Å². The largest absolute Gasteiger partial charge is 0.486 e. The summed E-state index contributed by atoms with van der Waals surface area (Å²) in [5.41, 5.74) is 7.56. The van der Waals surface area contributed by atoms with Gasteiger partial charge in [-0.25, -0.2) is 9.67 Å². The van der Waals surface area contributed by atoms with E-state index in [0.29, 0.717) is 13.2 Å². The fraction of sp³-hybridized carbons (Fsp3) is 0.0800. The number of hydrazone groups is 1. The van der Waals surface area contributed by atoms with Crippen molar-refractivity contribution in [2.24, 2.45) is 5.10 Å². The Labute approximate surface area is 193 Å². The summed E-state index contributed by atoms with van der Waals surface area (Å²) in [4.78, 5) is 4.57. The minimum atomic E-state index is 0.537. The molecule has 33 heavy (non-hydrogen) atoms. The number of fused-ring (bicyclic) bond motifs is 2. The number of ether oxygens (including phenoxy) is 2. The van der Waals surface area contributed by atoms with Gasteiger partial charge in [0.1, 0.15) is 18.9 Å². The van der Waals surface area contributed by atoms with Gasteiger partial charge in [0.05, 0.1) is 22.1 Å². The van der Waals surface area contributed by atoms with Crippen LogP contribution in [-0.4, -0.2) is 34.2 Å². The molecule has 0 radical (unpaired) electrons. The van der Waals surface area contributed by atoms with E-state index in [1.165, 1.54) is 0 Å². The van der Waals surface area contributed by atoms with Gasteiger partial charge in [-0.05, 0) is 42.5 Å². The number of aromatic nitrogens is 3. The third-order valence-corrected chi connectivity index (χ3v) is 6.18. The molecule has 1 aliphatic rings. The standard InChI is InChI=1S/C25H19N5O2S/c1-2-6-19(7-3-1)30-16-18(15-26-28-25-27-20-8-4-5-9-23(20)33-25)24(29-30)17-10-11-21-22(14-17)32-13-12-31-21/h1-11,14-16H,12-13H2,(H,27,28)/b26-15-. The van der Waals surface area contributed by atoms with E-state index >= 15 is 0 Å². The lowest BCUT2D eigenvalue weighted by molar-refractivity contribution is 0.171. The number of hydrogen-bond donors (Lipinski definition) is 1. The number of rotatable bonds is 5. The monoisotopic (exact) mass is 453 g/mol. The van der Waals surface area contributed by atoms with E-state index in [2.05, 4.69) is 15.5 Å². The molecule has 2 aromatic heterocycles. The molecular formula is C25H19N5O2S. The summed E-state index contributed by atoms with van der Waals surface area (Å²) in [6.45, 7) is 1.10. The van der Waals surface area contributed by atoms with Crippen LogP contribution in [0.5, 0.6) is 11.5 Å². The SMILES string of the molecule is C(=N/Nc1nc2ccccc2s1)/c1cn(-c2ccccc2)nc1-c1ccc2c(c1)OCCO2. The van der Waals surface area contributed by atoms with Crippen molar-refractivity contribution in [3.8, 4) is 28.4 Å². The number of thiazole rings is 1. The first-order valence-electron chi connectivity index (χ1n) is 10.5. The Morgan fingerprint density at radius 1 is 0.939 bits per heavy atom. The summed E-state index contributed by atoms with van der Waals surface area (Å²) in [7, 11) is 0. The molecule has 0 amide bonds. The number of hydrogen-bond acceptors (Lipinski definition) is 7. The van der Waals surface area contributed by atoms with Crippen molar-refractivity contribution >= 4 is 32.9 Å². The van der Waals surface area contributed by atoms with Gasteiger partial charge in [-0.2, -0.15) is 10.2 Å². The van der Waals surface area contributed by atoms with Gasteiger partial charge in [-0.1, -0.05) is 41.7 Å². The number of anilines is 1. The van der Waals surface area contributed by atoms with E-state index in [-0.39, 0.29) is 0 Å². The molecule has 0 saturated carbocycles. The molecule has 7 nitrogen and oxygen atoms in total. The molecule has 0 saturated heterocycles. The molecule has 3 aromatic carbocycles. The van der Waals surface area contributed by atoms with Crippen LogP contribution in [-0.2, 0) is 0 Å². The molecule has 8 heteroatoms. The van der Waals surface area contributed by atoms with E-state index in [0.717, 1.165) is 49.4 Å². The van der Waals surface area contributed by atoms with Crippen LogP contribution in [0.4, 0.5) is 5.13 Å². The smallest absolute Gasteiger partial charge is 0.204 e. The van der Waals surface area contributed by atoms with Crippen LogP contribution in [0, 0.1) is 0 Å². The minimum absolute atomic E-state index is 0.537. The van der Waals surface area contributed by atoms with Gasteiger partial charge < -0.3 is 9.47 Å². The van der Waals surface area contributed by atoms with E-state index in [1.807, 2.05) is 83.7 Å². The summed E-state index contributed by atoms with van der Waals surface area (Å²) in [5.74, 6) is 1.48. The first-order chi connectivity index (χ1) is 16.3. The molecule has 5 aromatic rings. The van der Waals surface area contributed by atoms with Crippen LogP contribution < -0.4 is 14.9 Å². The van der Waals surface area contributed by atoms with Gasteiger partial charge in [0.15, 0.2) is 11.5 Å². The molecule has 6 rings (SSSR count). The second-order valence-electron chi connectivity index (χ2n) is 7.43. The summed E-state index contributed by atoms with van der Waals surface area (Å²) >= 11 is 1.56.